The van der Waals surface area contributed by atoms with Gasteiger partial charge in [0.05, 0.1) is 23.6 Å². The van der Waals surface area contributed by atoms with Gasteiger partial charge in [-0.1, -0.05) is 13.8 Å². The van der Waals surface area contributed by atoms with Crippen LogP contribution in [-0.4, -0.2) is 44.3 Å². The van der Waals surface area contributed by atoms with E-state index in [1.165, 1.54) is 23.5 Å². The predicted octanol–water partition coefficient (Wildman–Crippen LogP) is 5.07. The number of aromatic nitrogens is 3. The van der Waals surface area contributed by atoms with E-state index in [1.54, 1.807) is 12.1 Å². The van der Waals surface area contributed by atoms with Crippen LogP contribution in [0.5, 0.6) is 0 Å². The maximum absolute atomic E-state index is 13.6. The SMILES string of the molecule is CCSc1ccc(SCC)c(-c2cc(=O)n(CC(F)(F)C(F)C(F)(F)F)cn2)n1. The van der Waals surface area contributed by atoms with E-state index < -0.39 is 30.4 Å². The summed E-state index contributed by atoms with van der Waals surface area (Å²) in [6.07, 6.45) is -9.46. The third kappa shape index (κ3) is 5.91. The number of halogens is 6. The lowest BCUT2D eigenvalue weighted by Gasteiger charge is -2.23. The summed E-state index contributed by atoms with van der Waals surface area (Å²) in [6, 6.07) is 4.50. The number of pyridine rings is 1. The standard InChI is InChI=1S/C17H17F6N3OS2/c1-3-28-11-5-6-12(29-4-2)25-14(11)10-7-13(27)26(9-24-10)8-16(19,20)15(18)17(21,22)23/h5-7,9,15H,3-4,8H2,1-2H3. The lowest BCUT2D eigenvalue weighted by atomic mass is 10.2. The van der Waals surface area contributed by atoms with E-state index in [0.29, 0.717) is 27.7 Å². The Balaban J connectivity index is 2.39. The molecule has 1 atom stereocenters. The summed E-state index contributed by atoms with van der Waals surface area (Å²) in [5.74, 6) is -3.36. The summed E-state index contributed by atoms with van der Waals surface area (Å²) in [5, 5.41) is 0.672. The Hall–Kier alpha value is -1.69. The van der Waals surface area contributed by atoms with E-state index in [1.807, 2.05) is 13.8 Å². The zero-order valence-corrected chi connectivity index (χ0v) is 17.0. The van der Waals surface area contributed by atoms with Crippen LogP contribution in [0.3, 0.4) is 0 Å². The van der Waals surface area contributed by atoms with E-state index in [0.717, 1.165) is 11.8 Å². The Morgan fingerprint density at radius 2 is 1.76 bits per heavy atom. The Bertz CT molecular complexity index is 903. The molecule has 0 aliphatic carbocycles. The second-order valence-corrected chi connectivity index (χ2v) is 8.36. The average molecular weight is 457 g/mol. The minimum absolute atomic E-state index is 0.0942. The van der Waals surface area contributed by atoms with Crippen molar-refractivity contribution in [2.75, 3.05) is 11.5 Å². The first kappa shape index (κ1) is 23.6. The van der Waals surface area contributed by atoms with Gasteiger partial charge in [-0.3, -0.25) is 9.36 Å². The van der Waals surface area contributed by atoms with Gasteiger partial charge in [0, 0.05) is 11.0 Å². The normalized spacial score (nSPS) is 13.5. The molecule has 0 saturated heterocycles. The molecule has 2 heterocycles. The minimum Gasteiger partial charge on any atom is -0.293 e. The lowest BCUT2D eigenvalue weighted by Crippen LogP contribution is -2.46. The fourth-order valence-corrected chi connectivity index (χ4v) is 3.71. The number of thioether (sulfide) groups is 2. The van der Waals surface area contributed by atoms with Crippen molar-refractivity contribution in [3.8, 4) is 11.4 Å². The van der Waals surface area contributed by atoms with Crippen LogP contribution in [0.15, 0.2) is 39.2 Å². The zero-order chi connectivity index (χ0) is 21.8. The minimum atomic E-state index is -5.74. The van der Waals surface area contributed by atoms with Gasteiger partial charge >= 0.3 is 12.1 Å². The van der Waals surface area contributed by atoms with Crippen molar-refractivity contribution < 1.29 is 26.3 Å². The molecule has 0 aliphatic rings. The van der Waals surface area contributed by atoms with Crippen molar-refractivity contribution in [3.63, 3.8) is 0 Å². The van der Waals surface area contributed by atoms with E-state index in [2.05, 4.69) is 9.97 Å². The van der Waals surface area contributed by atoms with Gasteiger partial charge in [-0.05, 0) is 23.6 Å². The third-order valence-corrected chi connectivity index (χ3v) is 5.33. The fraction of sp³-hybridized carbons (Fsp3) is 0.471. The van der Waals surface area contributed by atoms with Crippen molar-refractivity contribution in [3.05, 3.63) is 34.9 Å². The molecule has 0 saturated carbocycles. The highest BCUT2D eigenvalue weighted by atomic mass is 32.2. The third-order valence-electron chi connectivity index (χ3n) is 3.59. The molecule has 2 rings (SSSR count). The van der Waals surface area contributed by atoms with Crippen molar-refractivity contribution in [2.24, 2.45) is 0 Å². The molecule has 0 N–H and O–H groups in total. The predicted molar refractivity (Wildman–Crippen MR) is 100 cm³/mol. The van der Waals surface area contributed by atoms with Crippen molar-refractivity contribution in [2.45, 2.75) is 48.6 Å². The lowest BCUT2D eigenvalue weighted by molar-refractivity contribution is -0.247. The van der Waals surface area contributed by atoms with Crippen LogP contribution in [-0.2, 0) is 6.54 Å². The number of alkyl halides is 6. The van der Waals surface area contributed by atoms with Crippen LogP contribution in [0.4, 0.5) is 26.3 Å². The zero-order valence-electron chi connectivity index (χ0n) is 15.3. The molecule has 160 valence electrons. The van der Waals surface area contributed by atoms with Crippen LogP contribution < -0.4 is 5.56 Å². The quantitative estimate of drug-likeness (QED) is 0.410. The number of hydrogen-bond acceptors (Lipinski definition) is 5. The second kappa shape index (κ2) is 9.41. The Labute approximate surface area is 171 Å². The van der Waals surface area contributed by atoms with E-state index in [4.69, 9.17) is 0 Å². The number of nitrogens with zero attached hydrogens (tertiary/aromatic N) is 3. The summed E-state index contributed by atoms with van der Waals surface area (Å²) >= 11 is 2.89. The van der Waals surface area contributed by atoms with Crippen LogP contribution in [0.25, 0.3) is 11.4 Å². The molecule has 0 spiro atoms. The molecule has 2 aromatic heterocycles. The van der Waals surface area contributed by atoms with Gasteiger partial charge in [-0.2, -0.15) is 13.2 Å². The molecule has 12 heteroatoms. The monoisotopic (exact) mass is 457 g/mol. The van der Waals surface area contributed by atoms with Crippen LogP contribution in [0.2, 0.25) is 0 Å². The van der Waals surface area contributed by atoms with Gasteiger partial charge in [0.15, 0.2) is 0 Å². The highest BCUT2D eigenvalue weighted by Gasteiger charge is 2.56. The molecule has 0 aromatic carbocycles. The van der Waals surface area contributed by atoms with Crippen LogP contribution >= 0.6 is 23.5 Å². The van der Waals surface area contributed by atoms with Gasteiger partial charge < -0.3 is 0 Å². The molecular formula is C17H17F6N3OS2. The summed E-state index contributed by atoms with van der Waals surface area (Å²) in [6.45, 7) is 2.06. The van der Waals surface area contributed by atoms with Gasteiger partial charge in [0.1, 0.15) is 5.69 Å². The fourth-order valence-electron chi connectivity index (χ4n) is 2.33. The van der Waals surface area contributed by atoms with Crippen LogP contribution in [0, 0.1) is 0 Å². The first-order chi connectivity index (χ1) is 13.5. The van der Waals surface area contributed by atoms with Gasteiger partial charge in [0.2, 0.25) is 0 Å². The largest absolute Gasteiger partial charge is 0.425 e. The smallest absolute Gasteiger partial charge is 0.293 e. The molecule has 2 aromatic rings. The Kier molecular flexibility index (Phi) is 7.66. The number of hydrogen-bond donors (Lipinski definition) is 0. The van der Waals surface area contributed by atoms with Crippen molar-refractivity contribution in [1.82, 2.24) is 14.5 Å². The van der Waals surface area contributed by atoms with Gasteiger partial charge in [-0.15, -0.1) is 23.5 Å². The highest BCUT2D eigenvalue weighted by molar-refractivity contribution is 7.99. The van der Waals surface area contributed by atoms with E-state index in [9.17, 15) is 31.1 Å². The maximum atomic E-state index is 13.6. The summed E-state index contributed by atoms with van der Waals surface area (Å²) in [7, 11) is 0. The van der Waals surface area contributed by atoms with E-state index >= 15 is 0 Å². The summed E-state index contributed by atoms with van der Waals surface area (Å²) in [4.78, 5) is 21.2. The Morgan fingerprint density at radius 3 is 2.31 bits per heavy atom. The second-order valence-electron chi connectivity index (χ2n) is 5.77. The topological polar surface area (TPSA) is 47.8 Å². The molecule has 0 aliphatic heterocycles. The molecule has 29 heavy (non-hydrogen) atoms. The Morgan fingerprint density at radius 1 is 1.10 bits per heavy atom. The molecular weight excluding hydrogens is 440 g/mol. The molecule has 0 amide bonds. The van der Waals surface area contributed by atoms with Crippen molar-refractivity contribution in [1.29, 1.82) is 0 Å². The highest BCUT2D eigenvalue weighted by Crippen LogP contribution is 2.36. The molecule has 0 radical (unpaired) electrons. The molecule has 1 unspecified atom stereocenters. The van der Waals surface area contributed by atoms with Crippen LogP contribution in [0.1, 0.15) is 13.8 Å². The molecule has 0 bridgehead atoms. The van der Waals surface area contributed by atoms with Gasteiger partial charge in [-0.25, -0.2) is 23.1 Å². The molecule has 4 nitrogen and oxygen atoms in total. The van der Waals surface area contributed by atoms with Gasteiger partial charge in [0.25, 0.3) is 11.7 Å². The number of rotatable bonds is 8. The van der Waals surface area contributed by atoms with E-state index in [-0.39, 0.29) is 10.3 Å². The summed E-state index contributed by atoms with van der Waals surface area (Å²) < 4.78 is 77.4. The maximum Gasteiger partial charge on any atom is 0.425 e. The summed E-state index contributed by atoms with van der Waals surface area (Å²) in [5.41, 5.74) is -0.575. The molecule has 0 fully saturated rings. The first-order valence-corrected chi connectivity index (χ1v) is 10.4. The average Bonchev–Trinajstić information content (AvgIpc) is 2.63. The van der Waals surface area contributed by atoms with Crippen molar-refractivity contribution >= 4 is 23.5 Å². The first-order valence-electron chi connectivity index (χ1n) is 8.41.